The van der Waals surface area contributed by atoms with Gasteiger partial charge in [0.1, 0.15) is 25.3 Å². The molecule has 0 unspecified atom stereocenters. The monoisotopic (exact) mass is 319 g/mol. The molecule has 0 aliphatic carbocycles. The van der Waals surface area contributed by atoms with Crippen LogP contribution in [0.15, 0.2) is 18.2 Å². The summed E-state index contributed by atoms with van der Waals surface area (Å²) >= 11 is 0. The Morgan fingerprint density at radius 1 is 1.26 bits per heavy atom. The molecule has 122 valence electrons. The summed E-state index contributed by atoms with van der Waals surface area (Å²) in [6.45, 7) is 3.77. The summed E-state index contributed by atoms with van der Waals surface area (Å²) in [7, 11) is 0. The Labute approximate surface area is 132 Å². The van der Waals surface area contributed by atoms with E-state index < -0.39 is 23.4 Å². The Balaban J connectivity index is 1.66. The van der Waals surface area contributed by atoms with Crippen molar-refractivity contribution in [1.29, 1.82) is 0 Å². The summed E-state index contributed by atoms with van der Waals surface area (Å²) in [4.78, 5) is 36.8. The van der Waals surface area contributed by atoms with Gasteiger partial charge in [0.2, 0.25) is 5.91 Å². The molecule has 8 nitrogen and oxygen atoms in total. The zero-order chi connectivity index (χ0) is 16.6. The molecule has 4 amide bonds. The maximum absolute atomic E-state index is 12.1. The molecule has 8 heteroatoms. The third kappa shape index (κ3) is 2.92. The molecule has 1 aromatic rings. The zero-order valence-electron chi connectivity index (χ0n) is 12.8. The fourth-order valence-corrected chi connectivity index (χ4v) is 2.43. The number of hydrogen-bond donors (Lipinski definition) is 2. The first-order valence-electron chi connectivity index (χ1n) is 7.20. The van der Waals surface area contributed by atoms with Crippen LogP contribution < -0.4 is 20.1 Å². The predicted molar refractivity (Wildman–Crippen MR) is 80.4 cm³/mol. The lowest BCUT2D eigenvalue weighted by molar-refractivity contribution is -0.132. The average molecular weight is 319 g/mol. The molecular formula is C15H17N3O5. The summed E-state index contributed by atoms with van der Waals surface area (Å²) in [5, 5.41) is 5.16. The van der Waals surface area contributed by atoms with Crippen LogP contribution in [0.5, 0.6) is 11.5 Å². The van der Waals surface area contributed by atoms with Crippen molar-refractivity contribution < 1.29 is 23.9 Å². The van der Waals surface area contributed by atoms with Crippen molar-refractivity contribution >= 4 is 23.5 Å². The lowest BCUT2D eigenvalue weighted by atomic mass is 10.1. The summed E-state index contributed by atoms with van der Waals surface area (Å²) in [5.74, 6) is 0.262. The number of amides is 4. The van der Waals surface area contributed by atoms with Gasteiger partial charge in [-0.2, -0.15) is 0 Å². The fourth-order valence-electron chi connectivity index (χ4n) is 2.43. The number of hydrogen-bond acceptors (Lipinski definition) is 5. The van der Waals surface area contributed by atoms with Gasteiger partial charge >= 0.3 is 6.03 Å². The highest BCUT2D eigenvalue weighted by atomic mass is 16.6. The number of urea groups is 1. The van der Waals surface area contributed by atoms with Crippen molar-refractivity contribution in [2.45, 2.75) is 19.4 Å². The van der Waals surface area contributed by atoms with E-state index in [0.29, 0.717) is 30.4 Å². The first-order valence-corrected chi connectivity index (χ1v) is 7.20. The minimum Gasteiger partial charge on any atom is -0.486 e. The first kappa shape index (κ1) is 15.1. The van der Waals surface area contributed by atoms with Crippen molar-refractivity contribution in [3.63, 3.8) is 0 Å². The van der Waals surface area contributed by atoms with Crippen LogP contribution in [-0.4, -0.2) is 48.0 Å². The second-order valence-corrected chi connectivity index (χ2v) is 5.85. The maximum atomic E-state index is 12.1. The van der Waals surface area contributed by atoms with Crippen molar-refractivity contribution in [3.05, 3.63) is 18.2 Å². The second-order valence-electron chi connectivity index (χ2n) is 5.85. The van der Waals surface area contributed by atoms with E-state index in [2.05, 4.69) is 10.6 Å². The number of fused-ring (bicyclic) bond motifs is 1. The van der Waals surface area contributed by atoms with E-state index in [1.165, 1.54) is 0 Å². The Hall–Kier alpha value is -2.77. The van der Waals surface area contributed by atoms with Crippen LogP contribution in [-0.2, 0) is 9.59 Å². The van der Waals surface area contributed by atoms with E-state index in [9.17, 15) is 14.4 Å². The number of benzene rings is 1. The third-order valence-corrected chi connectivity index (χ3v) is 3.57. The van der Waals surface area contributed by atoms with Gasteiger partial charge in [0.15, 0.2) is 11.5 Å². The quantitative estimate of drug-likeness (QED) is 0.801. The summed E-state index contributed by atoms with van der Waals surface area (Å²) < 4.78 is 10.8. The molecule has 2 heterocycles. The molecule has 1 aromatic carbocycles. The van der Waals surface area contributed by atoms with Crippen LogP contribution >= 0.6 is 0 Å². The smallest absolute Gasteiger partial charge is 0.325 e. The minimum atomic E-state index is -0.992. The number of nitrogens with zero attached hydrogens (tertiary/aromatic N) is 1. The fraction of sp³-hybridized carbons (Fsp3) is 0.400. The van der Waals surface area contributed by atoms with Gasteiger partial charge < -0.3 is 20.1 Å². The largest absolute Gasteiger partial charge is 0.486 e. The highest BCUT2D eigenvalue weighted by molar-refractivity contribution is 6.09. The van der Waals surface area contributed by atoms with Crippen LogP contribution in [0.2, 0.25) is 0 Å². The highest BCUT2D eigenvalue weighted by Gasteiger charge is 2.44. The molecule has 2 aliphatic heterocycles. The summed E-state index contributed by atoms with van der Waals surface area (Å²) in [6, 6.07) is 4.43. The zero-order valence-corrected chi connectivity index (χ0v) is 12.8. The molecule has 3 rings (SSSR count). The van der Waals surface area contributed by atoms with E-state index in [4.69, 9.17) is 9.47 Å². The topological polar surface area (TPSA) is 97.0 Å². The summed E-state index contributed by atoms with van der Waals surface area (Å²) in [6.07, 6.45) is 0. The average Bonchev–Trinajstić information content (AvgIpc) is 2.69. The molecule has 2 aliphatic rings. The standard InChI is InChI=1S/C15H17N3O5/c1-15(2)13(20)18(14(21)17-15)8-12(19)16-9-3-4-10-11(7-9)23-6-5-22-10/h3-4,7H,5-6,8H2,1-2H3,(H,16,19)(H,17,21). The predicted octanol–water partition coefficient (Wildman–Crippen LogP) is 0.727. The van der Waals surface area contributed by atoms with Gasteiger partial charge in [0.05, 0.1) is 0 Å². The first-order chi connectivity index (χ1) is 10.9. The molecule has 2 N–H and O–H groups in total. The second kappa shape index (κ2) is 5.45. The molecule has 0 bridgehead atoms. The molecular weight excluding hydrogens is 302 g/mol. The minimum absolute atomic E-state index is 0.345. The van der Waals surface area contributed by atoms with Crippen LogP contribution in [0.1, 0.15) is 13.8 Å². The molecule has 0 atom stereocenters. The van der Waals surface area contributed by atoms with Crippen molar-refractivity contribution in [2.75, 3.05) is 25.1 Å². The van der Waals surface area contributed by atoms with E-state index in [0.717, 1.165) is 4.90 Å². The number of ether oxygens (including phenoxy) is 2. The SMILES string of the molecule is CC1(C)NC(=O)N(CC(=O)Nc2ccc3c(c2)OCCO3)C1=O. The molecule has 0 saturated carbocycles. The molecule has 0 spiro atoms. The number of imide groups is 1. The van der Waals surface area contributed by atoms with Crippen molar-refractivity contribution in [3.8, 4) is 11.5 Å². The number of carbonyl (C=O) groups excluding carboxylic acids is 3. The van der Waals surface area contributed by atoms with Crippen LogP contribution in [0.3, 0.4) is 0 Å². The molecule has 1 fully saturated rings. The van der Waals surface area contributed by atoms with Crippen LogP contribution in [0.4, 0.5) is 10.5 Å². The van der Waals surface area contributed by atoms with Gasteiger partial charge in [-0.15, -0.1) is 0 Å². The molecule has 23 heavy (non-hydrogen) atoms. The van der Waals surface area contributed by atoms with E-state index in [1.54, 1.807) is 32.0 Å². The van der Waals surface area contributed by atoms with Crippen LogP contribution in [0.25, 0.3) is 0 Å². The number of carbonyl (C=O) groups is 3. The van der Waals surface area contributed by atoms with Crippen molar-refractivity contribution in [1.82, 2.24) is 10.2 Å². The third-order valence-electron chi connectivity index (χ3n) is 3.57. The molecule has 0 radical (unpaired) electrons. The molecule has 1 saturated heterocycles. The van der Waals surface area contributed by atoms with Gasteiger partial charge in [-0.1, -0.05) is 0 Å². The Kier molecular flexibility index (Phi) is 3.59. The van der Waals surface area contributed by atoms with E-state index >= 15 is 0 Å². The Morgan fingerprint density at radius 3 is 2.61 bits per heavy atom. The van der Waals surface area contributed by atoms with E-state index in [-0.39, 0.29) is 6.54 Å². The molecule has 0 aromatic heterocycles. The lowest BCUT2D eigenvalue weighted by Crippen LogP contribution is -2.41. The van der Waals surface area contributed by atoms with Crippen LogP contribution in [0, 0.1) is 0 Å². The maximum Gasteiger partial charge on any atom is 0.325 e. The van der Waals surface area contributed by atoms with Gasteiger partial charge in [-0.05, 0) is 26.0 Å². The number of nitrogens with one attached hydrogen (secondary N) is 2. The van der Waals surface area contributed by atoms with E-state index in [1.807, 2.05) is 0 Å². The Morgan fingerprint density at radius 2 is 1.96 bits per heavy atom. The Bertz CT molecular complexity index is 686. The normalized spacial score (nSPS) is 18.6. The van der Waals surface area contributed by atoms with Crippen molar-refractivity contribution in [2.24, 2.45) is 0 Å². The highest BCUT2D eigenvalue weighted by Crippen LogP contribution is 2.32. The van der Waals surface area contributed by atoms with Gasteiger partial charge in [0.25, 0.3) is 5.91 Å². The van der Waals surface area contributed by atoms with Gasteiger partial charge in [-0.3, -0.25) is 14.5 Å². The number of rotatable bonds is 3. The summed E-state index contributed by atoms with van der Waals surface area (Å²) in [5.41, 5.74) is -0.487. The van der Waals surface area contributed by atoms with Gasteiger partial charge in [-0.25, -0.2) is 4.79 Å². The lowest BCUT2D eigenvalue weighted by Gasteiger charge is -2.19. The van der Waals surface area contributed by atoms with Gasteiger partial charge in [0, 0.05) is 11.8 Å². The number of anilines is 1.